The summed E-state index contributed by atoms with van der Waals surface area (Å²) in [4.78, 5) is 4.05. The third kappa shape index (κ3) is 2.18. The Hall–Kier alpha value is -2.21. The molecule has 0 aliphatic heterocycles. The summed E-state index contributed by atoms with van der Waals surface area (Å²) in [5.74, 6) is -0.137. The Morgan fingerprint density at radius 1 is 1.20 bits per heavy atom. The zero-order chi connectivity index (χ0) is 14.1. The van der Waals surface area contributed by atoms with E-state index in [1.807, 2.05) is 6.07 Å². The first-order valence-corrected chi connectivity index (χ1v) is 6.57. The summed E-state index contributed by atoms with van der Waals surface area (Å²) in [6.07, 6.45) is 3.34. The average Bonchev–Trinajstić information content (AvgIpc) is 2.85. The molecule has 0 radical (unpaired) electrons. The molecule has 0 aliphatic rings. The lowest BCUT2D eigenvalue weighted by atomic mass is 10.0. The Morgan fingerprint density at radius 2 is 2.05 bits per heavy atom. The van der Waals surface area contributed by atoms with Gasteiger partial charge in [-0.05, 0) is 40.2 Å². The van der Waals surface area contributed by atoms with Crippen molar-refractivity contribution in [3.05, 3.63) is 53.0 Å². The first-order valence-electron chi connectivity index (χ1n) is 5.78. The maximum Gasteiger partial charge on any atom is 0.230 e. The van der Waals surface area contributed by atoms with Crippen LogP contribution in [0.3, 0.4) is 0 Å². The second-order valence-electron chi connectivity index (χ2n) is 4.14. The van der Waals surface area contributed by atoms with Gasteiger partial charge in [0.2, 0.25) is 5.88 Å². The van der Waals surface area contributed by atoms with E-state index in [0.29, 0.717) is 21.3 Å². The van der Waals surface area contributed by atoms with Crippen molar-refractivity contribution < 1.29 is 8.91 Å². The molecule has 0 saturated heterocycles. The smallest absolute Gasteiger partial charge is 0.230 e. The lowest BCUT2D eigenvalue weighted by Gasteiger charge is -2.03. The first kappa shape index (κ1) is 12.8. The Labute approximate surface area is 122 Å². The van der Waals surface area contributed by atoms with Crippen molar-refractivity contribution in [2.75, 3.05) is 5.73 Å². The lowest BCUT2D eigenvalue weighted by Crippen LogP contribution is -1.89. The number of nitrogens with two attached hydrogens (primary N) is 1. The molecular weight excluding hydrogens is 325 g/mol. The van der Waals surface area contributed by atoms with Crippen LogP contribution in [-0.4, -0.2) is 10.1 Å². The number of halogens is 2. The van der Waals surface area contributed by atoms with Crippen molar-refractivity contribution in [1.82, 2.24) is 10.1 Å². The third-order valence-electron chi connectivity index (χ3n) is 2.86. The Balaban J connectivity index is 2.18. The Bertz CT molecular complexity index is 758. The zero-order valence-electron chi connectivity index (χ0n) is 10.2. The van der Waals surface area contributed by atoms with Gasteiger partial charge in [0.05, 0.1) is 10.0 Å². The number of pyridine rings is 1. The number of aromatic nitrogens is 2. The van der Waals surface area contributed by atoms with Gasteiger partial charge in [-0.1, -0.05) is 11.2 Å². The molecule has 100 valence electrons. The minimum absolute atomic E-state index is 0.202. The summed E-state index contributed by atoms with van der Waals surface area (Å²) >= 11 is 3.15. The van der Waals surface area contributed by atoms with Gasteiger partial charge in [0.25, 0.3) is 0 Å². The zero-order valence-corrected chi connectivity index (χ0v) is 11.8. The third-order valence-corrected chi connectivity index (χ3v) is 3.47. The summed E-state index contributed by atoms with van der Waals surface area (Å²) in [6, 6.07) is 8.27. The molecule has 3 aromatic rings. The highest BCUT2D eigenvalue weighted by molar-refractivity contribution is 9.10. The van der Waals surface area contributed by atoms with Gasteiger partial charge in [-0.3, -0.25) is 4.98 Å². The number of nitrogens with zero attached hydrogens (tertiary/aromatic N) is 2. The van der Waals surface area contributed by atoms with E-state index in [-0.39, 0.29) is 11.7 Å². The molecule has 2 aromatic heterocycles. The summed E-state index contributed by atoms with van der Waals surface area (Å²) in [7, 11) is 0. The van der Waals surface area contributed by atoms with Crippen molar-refractivity contribution >= 4 is 21.8 Å². The van der Waals surface area contributed by atoms with Crippen LogP contribution in [0.1, 0.15) is 0 Å². The van der Waals surface area contributed by atoms with Gasteiger partial charge in [-0.2, -0.15) is 0 Å². The normalized spacial score (nSPS) is 10.7. The minimum Gasteiger partial charge on any atom is -0.367 e. The fourth-order valence-electron chi connectivity index (χ4n) is 1.93. The predicted octanol–water partition coefficient (Wildman–Crippen LogP) is 3.89. The maximum atomic E-state index is 13.3. The molecule has 0 saturated carbocycles. The predicted molar refractivity (Wildman–Crippen MR) is 77.2 cm³/mol. The van der Waals surface area contributed by atoms with E-state index in [1.165, 1.54) is 6.07 Å². The maximum absolute atomic E-state index is 13.3. The number of hydrogen-bond donors (Lipinski definition) is 1. The molecule has 0 amide bonds. The fraction of sp³-hybridized carbons (Fsp3) is 0. The topological polar surface area (TPSA) is 64.9 Å². The van der Waals surface area contributed by atoms with E-state index in [2.05, 4.69) is 26.1 Å². The van der Waals surface area contributed by atoms with Gasteiger partial charge < -0.3 is 10.3 Å². The summed E-state index contributed by atoms with van der Waals surface area (Å²) in [5.41, 5.74) is 8.54. The van der Waals surface area contributed by atoms with E-state index in [4.69, 9.17) is 10.3 Å². The highest BCUT2D eigenvalue weighted by Gasteiger charge is 2.18. The van der Waals surface area contributed by atoms with Gasteiger partial charge in [-0.25, -0.2) is 4.39 Å². The average molecular weight is 334 g/mol. The molecule has 20 heavy (non-hydrogen) atoms. The molecule has 0 spiro atoms. The summed E-state index contributed by atoms with van der Waals surface area (Å²) < 4.78 is 18.7. The van der Waals surface area contributed by atoms with E-state index < -0.39 is 0 Å². The van der Waals surface area contributed by atoms with Gasteiger partial charge in [0.1, 0.15) is 11.5 Å². The largest absolute Gasteiger partial charge is 0.367 e. The highest BCUT2D eigenvalue weighted by atomic mass is 79.9. The Morgan fingerprint density at radius 3 is 2.75 bits per heavy atom. The van der Waals surface area contributed by atoms with Crippen LogP contribution < -0.4 is 5.73 Å². The van der Waals surface area contributed by atoms with E-state index in [0.717, 1.165) is 5.56 Å². The lowest BCUT2D eigenvalue weighted by molar-refractivity contribution is 0.439. The van der Waals surface area contributed by atoms with Crippen LogP contribution >= 0.6 is 15.9 Å². The van der Waals surface area contributed by atoms with Crippen molar-refractivity contribution in [2.24, 2.45) is 0 Å². The molecule has 1 aromatic carbocycles. The van der Waals surface area contributed by atoms with E-state index >= 15 is 0 Å². The summed E-state index contributed by atoms with van der Waals surface area (Å²) in [6.45, 7) is 0. The minimum atomic E-state index is -0.340. The molecule has 0 unspecified atom stereocenters. The molecule has 3 rings (SSSR count). The van der Waals surface area contributed by atoms with Gasteiger partial charge >= 0.3 is 0 Å². The quantitative estimate of drug-likeness (QED) is 0.772. The SMILES string of the molecule is Nc1onc(-c2ccc(F)c(Br)c2)c1-c1cccnc1. The molecule has 0 atom stereocenters. The second-order valence-corrected chi connectivity index (χ2v) is 5.00. The van der Waals surface area contributed by atoms with Crippen LogP contribution in [0.15, 0.2) is 51.7 Å². The first-order chi connectivity index (χ1) is 9.66. The summed E-state index contributed by atoms with van der Waals surface area (Å²) in [5, 5.41) is 3.96. The van der Waals surface area contributed by atoms with E-state index in [9.17, 15) is 4.39 Å². The standard InChI is InChI=1S/C14H9BrFN3O/c15-10-6-8(3-4-11(10)16)13-12(14(17)20-19-13)9-2-1-5-18-7-9/h1-7H,17H2. The van der Waals surface area contributed by atoms with Gasteiger partial charge in [0.15, 0.2) is 0 Å². The number of nitrogen functional groups attached to an aromatic ring is 1. The van der Waals surface area contributed by atoms with Crippen LogP contribution in [0.5, 0.6) is 0 Å². The van der Waals surface area contributed by atoms with Crippen molar-refractivity contribution in [3.63, 3.8) is 0 Å². The second kappa shape index (κ2) is 5.05. The van der Waals surface area contributed by atoms with Crippen LogP contribution in [0.2, 0.25) is 0 Å². The Kier molecular flexibility index (Phi) is 3.23. The number of benzene rings is 1. The molecule has 0 fully saturated rings. The van der Waals surface area contributed by atoms with Gasteiger partial charge in [-0.15, -0.1) is 0 Å². The van der Waals surface area contributed by atoms with Crippen LogP contribution in [0.4, 0.5) is 10.3 Å². The molecule has 2 heterocycles. The van der Waals surface area contributed by atoms with Crippen molar-refractivity contribution in [1.29, 1.82) is 0 Å². The van der Waals surface area contributed by atoms with Crippen LogP contribution in [-0.2, 0) is 0 Å². The number of anilines is 1. The number of hydrogen-bond acceptors (Lipinski definition) is 4. The number of rotatable bonds is 2. The van der Waals surface area contributed by atoms with Gasteiger partial charge in [0, 0.05) is 23.5 Å². The molecule has 0 aliphatic carbocycles. The molecule has 4 nitrogen and oxygen atoms in total. The van der Waals surface area contributed by atoms with Crippen molar-refractivity contribution in [3.8, 4) is 22.4 Å². The molecule has 6 heteroatoms. The molecular formula is C14H9BrFN3O. The van der Waals surface area contributed by atoms with Crippen LogP contribution in [0.25, 0.3) is 22.4 Å². The molecule has 0 bridgehead atoms. The van der Waals surface area contributed by atoms with Crippen LogP contribution in [0, 0.1) is 5.82 Å². The highest BCUT2D eigenvalue weighted by Crippen LogP contribution is 2.36. The fourth-order valence-corrected chi connectivity index (χ4v) is 2.31. The monoisotopic (exact) mass is 333 g/mol. The van der Waals surface area contributed by atoms with Crippen molar-refractivity contribution in [2.45, 2.75) is 0 Å². The molecule has 2 N–H and O–H groups in total. The van der Waals surface area contributed by atoms with E-state index in [1.54, 1.807) is 30.6 Å².